The first-order valence-corrected chi connectivity index (χ1v) is 5.62. The van der Waals surface area contributed by atoms with Gasteiger partial charge in [-0.2, -0.15) is 0 Å². The molecular weight excluding hydrogens is 238 g/mol. The lowest BCUT2D eigenvalue weighted by atomic mass is 10.1. The minimum atomic E-state index is -1.13. The fourth-order valence-corrected chi connectivity index (χ4v) is 1.64. The van der Waals surface area contributed by atoms with Crippen molar-refractivity contribution < 1.29 is 18.0 Å². The van der Waals surface area contributed by atoms with E-state index in [0.717, 1.165) is 0 Å². The second-order valence-corrected chi connectivity index (χ2v) is 4.01. The van der Waals surface area contributed by atoms with E-state index in [1.807, 2.05) is 6.92 Å². The van der Waals surface area contributed by atoms with E-state index >= 15 is 0 Å². The molecular formula is C14H12F2O2. The van der Waals surface area contributed by atoms with Crippen LogP contribution in [0.4, 0.5) is 8.78 Å². The summed E-state index contributed by atoms with van der Waals surface area (Å²) in [7, 11) is 0. The molecule has 0 bridgehead atoms. The average Bonchev–Trinajstić information content (AvgIpc) is 2.84. The third-order valence-corrected chi connectivity index (χ3v) is 2.75. The number of halogens is 2. The van der Waals surface area contributed by atoms with Crippen molar-refractivity contribution >= 4 is 5.78 Å². The van der Waals surface area contributed by atoms with E-state index in [4.69, 9.17) is 4.42 Å². The molecule has 1 aromatic carbocycles. The normalized spacial score (nSPS) is 10.7. The SMILES string of the molecule is CCc1ccc(C(=O)c2ccc(C)c(F)c2F)o1. The Kier molecular flexibility index (Phi) is 3.28. The highest BCUT2D eigenvalue weighted by molar-refractivity contribution is 6.07. The first-order chi connectivity index (χ1) is 8.54. The number of rotatable bonds is 3. The maximum atomic E-state index is 13.6. The monoisotopic (exact) mass is 250 g/mol. The molecule has 0 radical (unpaired) electrons. The molecule has 2 rings (SSSR count). The van der Waals surface area contributed by atoms with Gasteiger partial charge < -0.3 is 4.42 Å². The first-order valence-electron chi connectivity index (χ1n) is 5.62. The summed E-state index contributed by atoms with van der Waals surface area (Å²) in [6.07, 6.45) is 0.637. The second kappa shape index (κ2) is 4.72. The molecule has 1 heterocycles. The van der Waals surface area contributed by atoms with Gasteiger partial charge >= 0.3 is 0 Å². The molecule has 0 spiro atoms. The molecule has 0 unspecified atom stereocenters. The number of benzene rings is 1. The van der Waals surface area contributed by atoms with Crippen molar-refractivity contribution in [3.63, 3.8) is 0 Å². The fraction of sp³-hybridized carbons (Fsp3) is 0.214. The van der Waals surface area contributed by atoms with Crippen LogP contribution in [0, 0.1) is 18.6 Å². The van der Waals surface area contributed by atoms with Crippen molar-refractivity contribution in [1.29, 1.82) is 0 Å². The molecule has 0 aliphatic carbocycles. The number of furan rings is 1. The summed E-state index contributed by atoms with van der Waals surface area (Å²) in [4.78, 5) is 12.0. The summed E-state index contributed by atoms with van der Waals surface area (Å²) < 4.78 is 32.3. The molecule has 94 valence electrons. The molecule has 0 saturated heterocycles. The Labute approximate surface area is 103 Å². The van der Waals surface area contributed by atoms with E-state index in [0.29, 0.717) is 12.2 Å². The smallest absolute Gasteiger partial charge is 0.231 e. The fourth-order valence-electron chi connectivity index (χ4n) is 1.64. The van der Waals surface area contributed by atoms with Crippen LogP contribution in [0.1, 0.15) is 34.4 Å². The number of ketones is 1. The third kappa shape index (κ3) is 2.06. The van der Waals surface area contributed by atoms with Gasteiger partial charge in [0.1, 0.15) is 5.76 Å². The molecule has 0 atom stereocenters. The van der Waals surface area contributed by atoms with Crippen molar-refractivity contribution in [3.8, 4) is 0 Å². The van der Waals surface area contributed by atoms with Gasteiger partial charge in [-0.25, -0.2) is 8.78 Å². The summed E-state index contributed by atoms with van der Waals surface area (Å²) in [6.45, 7) is 3.31. The Morgan fingerprint density at radius 3 is 2.50 bits per heavy atom. The van der Waals surface area contributed by atoms with Gasteiger partial charge in [-0.15, -0.1) is 0 Å². The van der Waals surface area contributed by atoms with E-state index in [-0.39, 0.29) is 16.9 Å². The average molecular weight is 250 g/mol. The zero-order chi connectivity index (χ0) is 13.3. The molecule has 2 aromatic rings. The van der Waals surface area contributed by atoms with Crippen molar-refractivity contribution in [3.05, 3.63) is 58.5 Å². The Balaban J connectivity index is 2.43. The summed E-state index contributed by atoms with van der Waals surface area (Å²) in [5.74, 6) is -2.12. The van der Waals surface area contributed by atoms with E-state index in [2.05, 4.69) is 0 Å². The molecule has 0 saturated carbocycles. The van der Waals surface area contributed by atoms with Gasteiger partial charge in [0.25, 0.3) is 0 Å². The zero-order valence-electron chi connectivity index (χ0n) is 10.1. The van der Waals surface area contributed by atoms with Crippen molar-refractivity contribution in [1.82, 2.24) is 0 Å². The molecule has 0 fully saturated rings. The van der Waals surface area contributed by atoms with Crippen LogP contribution in [-0.4, -0.2) is 5.78 Å². The van der Waals surface area contributed by atoms with Crippen LogP contribution < -0.4 is 0 Å². The maximum absolute atomic E-state index is 13.6. The highest BCUT2D eigenvalue weighted by Gasteiger charge is 2.20. The molecule has 0 aliphatic heterocycles. The zero-order valence-corrected chi connectivity index (χ0v) is 10.1. The van der Waals surface area contributed by atoms with E-state index in [9.17, 15) is 13.6 Å². The number of carbonyl (C=O) groups is 1. The highest BCUT2D eigenvalue weighted by atomic mass is 19.2. The van der Waals surface area contributed by atoms with Crippen LogP contribution in [0.5, 0.6) is 0 Å². The molecule has 4 heteroatoms. The number of aryl methyl sites for hydroxylation is 2. The van der Waals surface area contributed by atoms with Gasteiger partial charge in [0, 0.05) is 6.42 Å². The number of hydrogen-bond acceptors (Lipinski definition) is 2. The topological polar surface area (TPSA) is 30.2 Å². The van der Waals surface area contributed by atoms with Gasteiger partial charge in [-0.05, 0) is 30.7 Å². The van der Waals surface area contributed by atoms with Crippen molar-refractivity contribution in [2.45, 2.75) is 20.3 Å². The lowest BCUT2D eigenvalue weighted by Gasteiger charge is -2.03. The predicted octanol–water partition coefficient (Wildman–Crippen LogP) is 3.66. The van der Waals surface area contributed by atoms with Gasteiger partial charge in [-0.3, -0.25) is 4.79 Å². The molecule has 0 N–H and O–H groups in total. The van der Waals surface area contributed by atoms with E-state index in [1.165, 1.54) is 25.1 Å². The first kappa shape index (κ1) is 12.5. The van der Waals surface area contributed by atoms with Gasteiger partial charge in [-0.1, -0.05) is 13.0 Å². The van der Waals surface area contributed by atoms with E-state index < -0.39 is 17.4 Å². The standard InChI is InChI=1S/C14H12F2O2/c1-3-9-5-7-11(18-9)14(17)10-6-4-8(2)12(15)13(10)16/h4-7H,3H2,1-2H3. The van der Waals surface area contributed by atoms with Gasteiger partial charge in [0.15, 0.2) is 17.4 Å². The number of carbonyl (C=O) groups excluding carboxylic acids is 1. The summed E-state index contributed by atoms with van der Waals surface area (Å²) in [5, 5.41) is 0. The van der Waals surface area contributed by atoms with Gasteiger partial charge in [0.05, 0.1) is 5.56 Å². The van der Waals surface area contributed by atoms with Crippen molar-refractivity contribution in [2.24, 2.45) is 0 Å². The molecule has 0 aliphatic rings. The highest BCUT2D eigenvalue weighted by Crippen LogP contribution is 2.20. The quantitative estimate of drug-likeness (QED) is 0.778. The van der Waals surface area contributed by atoms with Crippen LogP contribution in [-0.2, 0) is 6.42 Å². The maximum Gasteiger partial charge on any atom is 0.231 e. The predicted molar refractivity (Wildman–Crippen MR) is 62.6 cm³/mol. The largest absolute Gasteiger partial charge is 0.458 e. The van der Waals surface area contributed by atoms with Crippen LogP contribution in [0.15, 0.2) is 28.7 Å². The Morgan fingerprint density at radius 2 is 1.89 bits per heavy atom. The van der Waals surface area contributed by atoms with Crippen LogP contribution in [0.2, 0.25) is 0 Å². The van der Waals surface area contributed by atoms with Crippen LogP contribution in [0.3, 0.4) is 0 Å². The molecule has 1 aromatic heterocycles. The second-order valence-electron chi connectivity index (χ2n) is 4.01. The minimum Gasteiger partial charge on any atom is -0.458 e. The van der Waals surface area contributed by atoms with Crippen LogP contribution in [0.25, 0.3) is 0 Å². The summed E-state index contributed by atoms with van der Waals surface area (Å²) in [6, 6.07) is 5.76. The Bertz CT molecular complexity index is 600. The summed E-state index contributed by atoms with van der Waals surface area (Å²) >= 11 is 0. The minimum absolute atomic E-state index is 0.0222. The number of hydrogen-bond donors (Lipinski definition) is 0. The van der Waals surface area contributed by atoms with Crippen LogP contribution >= 0.6 is 0 Å². The molecule has 2 nitrogen and oxygen atoms in total. The third-order valence-electron chi connectivity index (χ3n) is 2.75. The van der Waals surface area contributed by atoms with E-state index in [1.54, 1.807) is 6.07 Å². The molecule has 18 heavy (non-hydrogen) atoms. The molecule has 0 amide bonds. The van der Waals surface area contributed by atoms with Gasteiger partial charge in [0.2, 0.25) is 5.78 Å². The lowest BCUT2D eigenvalue weighted by Crippen LogP contribution is -2.06. The lowest BCUT2D eigenvalue weighted by molar-refractivity contribution is 0.100. The Morgan fingerprint density at radius 1 is 1.17 bits per heavy atom. The summed E-state index contributed by atoms with van der Waals surface area (Å²) in [5.41, 5.74) is -0.146. The van der Waals surface area contributed by atoms with Crippen molar-refractivity contribution in [2.75, 3.05) is 0 Å². The Hall–Kier alpha value is -1.97.